The molecule has 25 heavy (non-hydrogen) atoms. The molecule has 1 amide bonds. The number of carbonyl (C=O) groups is 1. The first-order valence-electron chi connectivity index (χ1n) is 8.93. The second-order valence-electron chi connectivity index (χ2n) is 7.36. The minimum absolute atomic E-state index is 0.172. The predicted molar refractivity (Wildman–Crippen MR) is 97.5 cm³/mol. The van der Waals surface area contributed by atoms with Gasteiger partial charge in [-0.05, 0) is 55.7 Å². The molecular formula is C20H28N2O3. The van der Waals surface area contributed by atoms with Gasteiger partial charge in [0.05, 0.1) is 17.9 Å². The lowest BCUT2D eigenvalue weighted by molar-refractivity contribution is -0.142. The number of methoxy groups -OCH3 is 1. The van der Waals surface area contributed by atoms with E-state index in [0.29, 0.717) is 48.3 Å². The summed E-state index contributed by atoms with van der Waals surface area (Å²) >= 11 is 0. The molecule has 0 unspecified atom stereocenters. The second-order valence-corrected chi connectivity index (χ2v) is 7.36. The second kappa shape index (κ2) is 8.35. The van der Waals surface area contributed by atoms with Gasteiger partial charge in [0.25, 0.3) is 5.91 Å². The fraction of sp³-hybridized carbons (Fsp3) is 0.600. The van der Waals surface area contributed by atoms with Gasteiger partial charge in [-0.25, -0.2) is 0 Å². The van der Waals surface area contributed by atoms with Crippen LogP contribution in [0.15, 0.2) is 18.2 Å². The van der Waals surface area contributed by atoms with Crippen LogP contribution in [0.1, 0.15) is 52.0 Å². The van der Waals surface area contributed by atoms with E-state index < -0.39 is 5.60 Å². The number of carbonyl (C=O) groups excluding carboxylic acids is 1. The number of amides is 1. The summed E-state index contributed by atoms with van der Waals surface area (Å²) in [4.78, 5) is 12.8. The third-order valence-electron chi connectivity index (χ3n) is 4.83. The Labute approximate surface area is 150 Å². The lowest BCUT2D eigenvalue weighted by atomic mass is 9.79. The molecule has 1 N–H and O–H groups in total. The molecule has 0 aromatic heterocycles. The Hall–Kier alpha value is -2.06. The molecule has 2 rings (SSSR count). The molecule has 0 bridgehead atoms. The van der Waals surface area contributed by atoms with Crippen molar-refractivity contribution in [1.82, 2.24) is 0 Å². The Morgan fingerprint density at radius 3 is 2.64 bits per heavy atom. The first kappa shape index (κ1) is 19.3. The fourth-order valence-corrected chi connectivity index (χ4v) is 3.07. The Morgan fingerprint density at radius 2 is 2.08 bits per heavy atom. The summed E-state index contributed by atoms with van der Waals surface area (Å²) in [6.07, 6.45) is 3.34. The molecule has 0 aliphatic heterocycles. The van der Waals surface area contributed by atoms with E-state index in [9.17, 15) is 10.1 Å². The molecule has 5 nitrogen and oxygen atoms in total. The summed E-state index contributed by atoms with van der Waals surface area (Å²) in [6, 6.07) is 7.30. The number of ether oxygens (including phenoxy) is 2. The van der Waals surface area contributed by atoms with Gasteiger partial charge in [-0.15, -0.1) is 0 Å². The Balaban J connectivity index is 2.13. The molecule has 0 heterocycles. The summed E-state index contributed by atoms with van der Waals surface area (Å²) in [7, 11) is 1.59. The van der Waals surface area contributed by atoms with Crippen molar-refractivity contribution >= 4 is 11.6 Å². The van der Waals surface area contributed by atoms with E-state index in [4.69, 9.17) is 9.47 Å². The van der Waals surface area contributed by atoms with Crippen molar-refractivity contribution in [2.45, 2.75) is 52.1 Å². The molecule has 5 heteroatoms. The first-order chi connectivity index (χ1) is 11.9. The SMILES string of the molecule is COC1(C(=O)Nc2ccc(OCC(C)C)cc2C#N)CCC(C)CC1. The van der Waals surface area contributed by atoms with Gasteiger partial charge in [-0.3, -0.25) is 4.79 Å². The van der Waals surface area contributed by atoms with E-state index in [1.54, 1.807) is 25.3 Å². The number of benzene rings is 1. The molecule has 1 aliphatic carbocycles. The van der Waals surface area contributed by atoms with Gasteiger partial charge in [0.2, 0.25) is 0 Å². The summed E-state index contributed by atoms with van der Waals surface area (Å²) < 4.78 is 11.3. The lowest BCUT2D eigenvalue weighted by Crippen LogP contribution is -2.47. The van der Waals surface area contributed by atoms with E-state index in [-0.39, 0.29) is 5.91 Å². The number of hydrogen-bond acceptors (Lipinski definition) is 4. The van der Waals surface area contributed by atoms with Gasteiger partial charge >= 0.3 is 0 Å². The zero-order chi connectivity index (χ0) is 18.4. The average Bonchev–Trinajstić information content (AvgIpc) is 2.61. The van der Waals surface area contributed by atoms with Crippen LogP contribution in [0, 0.1) is 23.2 Å². The zero-order valence-corrected chi connectivity index (χ0v) is 15.6. The van der Waals surface area contributed by atoms with Crippen LogP contribution in [0.4, 0.5) is 5.69 Å². The van der Waals surface area contributed by atoms with Crippen LogP contribution in [0.25, 0.3) is 0 Å². The van der Waals surface area contributed by atoms with Crippen molar-refractivity contribution in [2.75, 3.05) is 19.0 Å². The number of nitrogens with zero attached hydrogens (tertiary/aromatic N) is 1. The van der Waals surface area contributed by atoms with E-state index in [1.807, 2.05) is 0 Å². The van der Waals surface area contributed by atoms with Gasteiger partial charge < -0.3 is 14.8 Å². The maximum absolute atomic E-state index is 12.8. The molecule has 0 radical (unpaired) electrons. The molecule has 1 aromatic carbocycles. The van der Waals surface area contributed by atoms with Gasteiger partial charge in [-0.2, -0.15) is 5.26 Å². The third-order valence-corrected chi connectivity index (χ3v) is 4.83. The summed E-state index contributed by atoms with van der Waals surface area (Å²) in [5.74, 6) is 1.48. The van der Waals surface area contributed by atoms with Gasteiger partial charge in [0.1, 0.15) is 17.4 Å². The van der Waals surface area contributed by atoms with E-state index in [1.165, 1.54) is 0 Å². The van der Waals surface area contributed by atoms with Gasteiger partial charge in [0.15, 0.2) is 0 Å². The molecule has 1 aromatic rings. The molecule has 0 atom stereocenters. The maximum atomic E-state index is 12.8. The fourth-order valence-electron chi connectivity index (χ4n) is 3.07. The molecule has 0 saturated heterocycles. The highest BCUT2D eigenvalue weighted by Gasteiger charge is 2.41. The zero-order valence-electron chi connectivity index (χ0n) is 15.6. The minimum Gasteiger partial charge on any atom is -0.493 e. The number of rotatable bonds is 6. The van der Waals surface area contributed by atoms with Crippen molar-refractivity contribution in [1.29, 1.82) is 5.26 Å². The Morgan fingerprint density at radius 1 is 1.40 bits per heavy atom. The van der Waals surface area contributed by atoms with Crippen molar-refractivity contribution in [3.05, 3.63) is 23.8 Å². The van der Waals surface area contributed by atoms with Crippen molar-refractivity contribution in [3.63, 3.8) is 0 Å². The van der Waals surface area contributed by atoms with Crippen LogP contribution in [0.5, 0.6) is 5.75 Å². The van der Waals surface area contributed by atoms with Crippen LogP contribution < -0.4 is 10.1 Å². The summed E-state index contributed by atoms with van der Waals surface area (Å²) in [5.41, 5.74) is 0.0935. The molecule has 1 fully saturated rings. The standard InChI is InChI=1S/C20H28N2O3/c1-14(2)13-25-17-5-6-18(16(11-17)12-21)22-19(23)20(24-4)9-7-15(3)8-10-20/h5-6,11,14-15H,7-10,13H2,1-4H3,(H,22,23). The number of nitrogens with one attached hydrogen (secondary N) is 1. The molecular weight excluding hydrogens is 316 g/mol. The summed E-state index contributed by atoms with van der Waals surface area (Å²) in [5, 5.41) is 12.3. The maximum Gasteiger partial charge on any atom is 0.256 e. The highest BCUT2D eigenvalue weighted by molar-refractivity contribution is 5.98. The number of nitriles is 1. The monoisotopic (exact) mass is 344 g/mol. The predicted octanol–water partition coefficient (Wildman–Crippen LogP) is 4.13. The highest BCUT2D eigenvalue weighted by Crippen LogP contribution is 2.35. The molecule has 136 valence electrons. The van der Waals surface area contributed by atoms with Crippen LogP contribution >= 0.6 is 0 Å². The third kappa shape index (κ3) is 4.73. The van der Waals surface area contributed by atoms with Gasteiger partial charge in [-0.1, -0.05) is 20.8 Å². The topological polar surface area (TPSA) is 71.3 Å². The average molecular weight is 344 g/mol. The van der Waals surface area contributed by atoms with Crippen LogP contribution in [0.2, 0.25) is 0 Å². The van der Waals surface area contributed by atoms with Gasteiger partial charge in [0, 0.05) is 7.11 Å². The highest BCUT2D eigenvalue weighted by atomic mass is 16.5. The first-order valence-corrected chi connectivity index (χ1v) is 8.93. The van der Waals surface area contributed by atoms with Crippen molar-refractivity contribution in [2.24, 2.45) is 11.8 Å². The van der Waals surface area contributed by atoms with E-state index >= 15 is 0 Å². The van der Waals surface area contributed by atoms with Crippen molar-refractivity contribution < 1.29 is 14.3 Å². The molecule has 1 aliphatic rings. The Bertz CT molecular complexity index is 641. The quantitative estimate of drug-likeness (QED) is 0.842. The summed E-state index contributed by atoms with van der Waals surface area (Å²) in [6.45, 7) is 6.91. The van der Waals surface area contributed by atoms with Crippen LogP contribution in [-0.2, 0) is 9.53 Å². The molecule has 1 saturated carbocycles. The van der Waals surface area contributed by atoms with Crippen LogP contribution in [-0.4, -0.2) is 25.2 Å². The Kier molecular flexibility index (Phi) is 6.44. The van der Waals surface area contributed by atoms with E-state index in [0.717, 1.165) is 12.8 Å². The smallest absolute Gasteiger partial charge is 0.256 e. The molecule has 0 spiro atoms. The lowest BCUT2D eigenvalue weighted by Gasteiger charge is -2.36. The number of hydrogen-bond donors (Lipinski definition) is 1. The normalized spacial score (nSPS) is 23.1. The van der Waals surface area contributed by atoms with Crippen molar-refractivity contribution in [3.8, 4) is 11.8 Å². The minimum atomic E-state index is -0.800. The van der Waals surface area contributed by atoms with Crippen LogP contribution in [0.3, 0.4) is 0 Å². The van der Waals surface area contributed by atoms with E-state index in [2.05, 4.69) is 32.2 Å². The largest absolute Gasteiger partial charge is 0.493 e. The number of anilines is 1.